The van der Waals surface area contributed by atoms with Gasteiger partial charge in [-0.15, -0.1) is 0 Å². The van der Waals surface area contributed by atoms with Crippen molar-refractivity contribution in [2.45, 2.75) is 41.5 Å². The van der Waals surface area contributed by atoms with Crippen molar-refractivity contribution in [1.82, 2.24) is 0 Å². The van der Waals surface area contributed by atoms with Crippen LogP contribution in [-0.4, -0.2) is 4.35 Å². The van der Waals surface area contributed by atoms with Gasteiger partial charge in [0.25, 0.3) is 0 Å². The van der Waals surface area contributed by atoms with Crippen LogP contribution < -0.4 is 9.80 Å². The summed E-state index contributed by atoms with van der Waals surface area (Å²) < 4.78 is 1.35. The number of anilines is 2. The van der Waals surface area contributed by atoms with Crippen LogP contribution in [0.3, 0.4) is 0 Å². The van der Waals surface area contributed by atoms with Gasteiger partial charge in [0.1, 0.15) is 0 Å². The van der Waals surface area contributed by atoms with Gasteiger partial charge in [-0.05, 0) is 0 Å². The third-order valence-electron chi connectivity index (χ3n) is 4.67. The van der Waals surface area contributed by atoms with Gasteiger partial charge < -0.3 is 0 Å². The van der Waals surface area contributed by atoms with Crippen LogP contribution in [-0.2, 0) is 17.9 Å². The molecule has 0 amide bonds. The number of rotatable bonds is 2. The predicted molar refractivity (Wildman–Crippen MR) is 100 cm³/mol. The Balaban J connectivity index is 2.03. The molecule has 2 aromatic carbocycles. The molecule has 2 nitrogen and oxygen atoms in total. The summed E-state index contributed by atoms with van der Waals surface area (Å²) in [5, 5.41) is 0. The van der Waals surface area contributed by atoms with Crippen molar-refractivity contribution in [2.75, 3.05) is 9.80 Å². The normalized spacial score (nSPS) is 14.1. The van der Waals surface area contributed by atoms with Crippen LogP contribution >= 0.6 is 0 Å². The fourth-order valence-corrected chi connectivity index (χ4v) is 5.04. The minimum atomic E-state index is 1.10. The molecule has 3 heteroatoms. The van der Waals surface area contributed by atoms with Crippen LogP contribution in [0.4, 0.5) is 11.4 Å². The predicted octanol–water partition coefficient (Wildman–Crippen LogP) is 4.97. The van der Waals surface area contributed by atoms with Gasteiger partial charge in [0.05, 0.1) is 0 Å². The fourth-order valence-electron chi connectivity index (χ4n) is 3.93. The monoisotopic (exact) mass is 368 g/mol. The molecule has 0 radical (unpaired) electrons. The molecule has 0 spiro atoms. The topological polar surface area (TPSA) is 6.48 Å². The minimum absolute atomic E-state index is 1.10. The fraction of sp³-hybridized carbons (Fsp3) is 0.286. The Morgan fingerprint density at radius 3 is 1.17 bits per heavy atom. The standard InChI is InChI=1S/C21H24N2.Zn/c1-14-9-16(3)20(17(4)10-14)22-7-8-23(13-22)21-18(5)11-15(2)12-19(21)6;/h7-12H,1-6H3;. The summed E-state index contributed by atoms with van der Waals surface area (Å²) >= 11 is 1.10. The maximum absolute atomic E-state index is 2.36. The SMILES string of the molecule is Cc1cc(C)c(N2C=CN(c3c(C)cc(C)cc3C)[C]2=[Zn])c(C)c1. The second-order valence-electron chi connectivity index (χ2n) is 6.95. The second kappa shape index (κ2) is 6.29. The Hall–Kier alpha value is -1.73. The van der Waals surface area contributed by atoms with E-state index in [2.05, 4.69) is 88.0 Å². The summed E-state index contributed by atoms with van der Waals surface area (Å²) in [6.07, 6.45) is 4.42. The molecular weight excluding hydrogens is 346 g/mol. The number of hydrogen-bond donors (Lipinski definition) is 0. The van der Waals surface area contributed by atoms with E-state index >= 15 is 0 Å². The van der Waals surface area contributed by atoms with Crippen LogP contribution in [0.5, 0.6) is 0 Å². The molecule has 2 aromatic rings. The summed E-state index contributed by atoms with van der Waals surface area (Å²) in [7, 11) is 0. The Kier molecular flexibility index (Phi) is 4.49. The second-order valence-corrected chi connectivity index (χ2v) is 8.28. The molecule has 0 fully saturated rings. The van der Waals surface area contributed by atoms with Gasteiger partial charge in [0, 0.05) is 0 Å². The summed E-state index contributed by atoms with van der Waals surface area (Å²) in [5.74, 6) is 0. The Morgan fingerprint density at radius 1 is 0.583 bits per heavy atom. The van der Waals surface area contributed by atoms with Crippen LogP contribution in [0.1, 0.15) is 33.4 Å². The van der Waals surface area contributed by atoms with E-state index in [1.165, 1.54) is 49.1 Å². The van der Waals surface area contributed by atoms with E-state index in [4.69, 9.17) is 0 Å². The van der Waals surface area contributed by atoms with Crippen molar-refractivity contribution in [2.24, 2.45) is 0 Å². The molecule has 1 heterocycles. The molecule has 1 aliphatic rings. The maximum atomic E-state index is 2.36. The van der Waals surface area contributed by atoms with Gasteiger partial charge in [-0.25, -0.2) is 0 Å². The van der Waals surface area contributed by atoms with Crippen molar-refractivity contribution in [3.63, 3.8) is 0 Å². The van der Waals surface area contributed by atoms with Crippen molar-refractivity contribution < 1.29 is 17.9 Å². The first-order valence-electron chi connectivity index (χ1n) is 8.41. The molecular formula is C21H24N2Zn. The van der Waals surface area contributed by atoms with E-state index in [1.807, 2.05) is 0 Å². The van der Waals surface area contributed by atoms with Gasteiger partial charge >= 0.3 is 155 Å². The first-order chi connectivity index (χ1) is 11.3. The molecule has 120 valence electrons. The van der Waals surface area contributed by atoms with Gasteiger partial charge in [0.15, 0.2) is 0 Å². The van der Waals surface area contributed by atoms with Crippen molar-refractivity contribution in [3.05, 3.63) is 70.0 Å². The van der Waals surface area contributed by atoms with Crippen molar-refractivity contribution in [3.8, 4) is 0 Å². The zero-order valence-corrected chi connectivity index (χ0v) is 18.5. The summed E-state index contributed by atoms with van der Waals surface area (Å²) in [6.45, 7) is 13.2. The number of aryl methyl sites for hydroxylation is 6. The third-order valence-corrected chi connectivity index (χ3v) is 6.10. The number of hydrogen-bond acceptors (Lipinski definition) is 2. The Labute approximate surface area is 155 Å². The molecule has 0 aromatic heterocycles. The zero-order chi connectivity index (χ0) is 17.6. The average Bonchev–Trinajstić information content (AvgIpc) is 2.79. The first kappa shape index (κ1) is 17.1. The number of benzene rings is 2. The molecule has 0 aliphatic carbocycles. The molecule has 1 aliphatic heterocycles. The molecule has 0 N–H and O–H groups in total. The van der Waals surface area contributed by atoms with Crippen molar-refractivity contribution >= 4 is 15.7 Å². The molecule has 0 saturated heterocycles. The van der Waals surface area contributed by atoms with Crippen LogP contribution in [0, 0.1) is 41.5 Å². The third kappa shape index (κ3) is 2.86. The van der Waals surface area contributed by atoms with Crippen LogP contribution in [0.25, 0.3) is 0 Å². The van der Waals surface area contributed by atoms with E-state index in [-0.39, 0.29) is 0 Å². The molecule has 3 rings (SSSR count). The zero-order valence-electron chi connectivity index (χ0n) is 15.6. The van der Waals surface area contributed by atoms with Crippen LogP contribution in [0.2, 0.25) is 0 Å². The molecule has 24 heavy (non-hydrogen) atoms. The quantitative estimate of drug-likeness (QED) is 0.690. The van der Waals surface area contributed by atoms with Gasteiger partial charge in [-0.2, -0.15) is 0 Å². The van der Waals surface area contributed by atoms with E-state index in [9.17, 15) is 0 Å². The van der Waals surface area contributed by atoms with Gasteiger partial charge in [0.2, 0.25) is 0 Å². The molecule has 0 atom stereocenters. The van der Waals surface area contributed by atoms with E-state index < -0.39 is 0 Å². The van der Waals surface area contributed by atoms with E-state index in [0.717, 1.165) is 17.9 Å². The molecule has 0 saturated carbocycles. The van der Waals surface area contributed by atoms with E-state index in [1.54, 1.807) is 0 Å². The summed E-state index contributed by atoms with van der Waals surface area (Å²) in [6, 6.07) is 9.09. The summed E-state index contributed by atoms with van der Waals surface area (Å²) in [5.41, 5.74) is 10.6. The first-order valence-corrected chi connectivity index (χ1v) is 9.89. The summed E-state index contributed by atoms with van der Waals surface area (Å²) in [4.78, 5) is 4.73. The molecule has 0 bridgehead atoms. The van der Waals surface area contributed by atoms with E-state index in [0.29, 0.717) is 0 Å². The number of nitrogens with zero attached hydrogens (tertiary/aromatic N) is 2. The average molecular weight is 370 g/mol. The van der Waals surface area contributed by atoms with Crippen LogP contribution in [0.15, 0.2) is 36.7 Å². The van der Waals surface area contributed by atoms with Gasteiger partial charge in [-0.3, -0.25) is 0 Å². The van der Waals surface area contributed by atoms with Gasteiger partial charge in [-0.1, -0.05) is 0 Å². The van der Waals surface area contributed by atoms with Crippen molar-refractivity contribution in [1.29, 1.82) is 0 Å². The molecule has 0 unspecified atom stereocenters. The Bertz CT molecular complexity index is 749. The Morgan fingerprint density at radius 2 is 0.875 bits per heavy atom.